The summed E-state index contributed by atoms with van der Waals surface area (Å²) in [5, 5.41) is 24.7. The standard InChI is InChI=1S/C28H35FN8O2/c1-28(2)16-37(20-8-6-19(29)7-9-20)26-23(28)25(30-10-11-38)33-27(34-26)32-24-17-4-5-18(24)15-36(14-17)21-12-22(39-3)35-31-13-21/h6-9,12-13,17-18,24,38H,4-5,10-11,14-16H2,1-3H3,(H2,30,32,33,34). The van der Waals surface area contributed by atoms with Crippen LogP contribution < -0.4 is 25.2 Å². The van der Waals surface area contributed by atoms with Crippen LogP contribution in [-0.2, 0) is 5.41 Å². The highest BCUT2D eigenvalue weighted by Crippen LogP contribution is 2.47. The van der Waals surface area contributed by atoms with Gasteiger partial charge in [0.05, 0.1) is 25.6 Å². The molecule has 2 aromatic heterocycles. The van der Waals surface area contributed by atoms with Gasteiger partial charge in [-0.25, -0.2) is 4.39 Å². The average molecular weight is 535 g/mol. The van der Waals surface area contributed by atoms with Crippen molar-refractivity contribution in [1.82, 2.24) is 20.2 Å². The van der Waals surface area contributed by atoms with E-state index in [0.29, 0.717) is 36.8 Å². The highest BCUT2D eigenvalue weighted by atomic mass is 19.1. The van der Waals surface area contributed by atoms with Gasteiger partial charge in [-0.1, -0.05) is 13.8 Å². The van der Waals surface area contributed by atoms with Gasteiger partial charge in [-0.15, -0.1) is 5.10 Å². The molecular formula is C28H35FN8O2. The minimum absolute atomic E-state index is 0.000892. The van der Waals surface area contributed by atoms with Crippen LogP contribution in [0.3, 0.4) is 0 Å². The van der Waals surface area contributed by atoms with Gasteiger partial charge in [0.2, 0.25) is 11.8 Å². The smallest absolute Gasteiger partial charge is 0.235 e. The molecule has 4 heterocycles. The van der Waals surface area contributed by atoms with E-state index in [-0.39, 0.29) is 23.9 Å². The first-order valence-electron chi connectivity index (χ1n) is 13.5. The highest BCUT2D eigenvalue weighted by Gasteiger charge is 2.44. The van der Waals surface area contributed by atoms with E-state index in [4.69, 9.17) is 14.7 Å². The average Bonchev–Trinajstić information content (AvgIpc) is 3.33. The number of methoxy groups -OCH3 is 1. The lowest BCUT2D eigenvalue weighted by Crippen LogP contribution is -2.48. The normalized spacial score (nSPS) is 23.1. The molecule has 3 aromatic rings. The summed E-state index contributed by atoms with van der Waals surface area (Å²) in [5.41, 5.74) is 2.67. The summed E-state index contributed by atoms with van der Waals surface area (Å²) in [4.78, 5) is 14.5. The van der Waals surface area contributed by atoms with Crippen molar-refractivity contribution in [2.75, 3.05) is 60.3 Å². The zero-order valence-corrected chi connectivity index (χ0v) is 22.6. The Kier molecular flexibility index (Phi) is 6.62. The number of hydrogen-bond donors (Lipinski definition) is 3. The fourth-order valence-corrected chi connectivity index (χ4v) is 6.45. The Labute approximate surface area is 227 Å². The van der Waals surface area contributed by atoms with Gasteiger partial charge in [-0.2, -0.15) is 15.1 Å². The van der Waals surface area contributed by atoms with Crippen LogP contribution in [0.4, 0.5) is 33.3 Å². The number of piperidine rings is 1. The molecule has 0 amide bonds. The molecule has 1 aliphatic carbocycles. The van der Waals surface area contributed by atoms with Crippen LogP contribution in [0.1, 0.15) is 32.3 Å². The van der Waals surface area contributed by atoms with Gasteiger partial charge in [0.15, 0.2) is 0 Å². The van der Waals surface area contributed by atoms with E-state index in [9.17, 15) is 9.50 Å². The van der Waals surface area contributed by atoms with Crippen LogP contribution in [-0.4, -0.2) is 71.2 Å². The molecular weight excluding hydrogens is 499 g/mol. The van der Waals surface area contributed by atoms with Gasteiger partial charge in [-0.3, -0.25) is 0 Å². The lowest BCUT2D eigenvalue weighted by atomic mass is 9.88. The van der Waals surface area contributed by atoms with Crippen LogP contribution in [0.15, 0.2) is 36.5 Å². The SMILES string of the molecule is COc1cc(N2CC3CCC(C2)C3Nc2nc(NCCO)c3c(n2)N(c2ccc(F)cc2)CC3(C)C)cnn1. The molecule has 2 fully saturated rings. The number of fused-ring (bicyclic) bond motifs is 3. The first kappa shape index (κ1) is 25.5. The number of nitrogens with one attached hydrogen (secondary N) is 2. The van der Waals surface area contributed by atoms with E-state index in [1.165, 1.54) is 12.1 Å². The second-order valence-corrected chi connectivity index (χ2v) is 11.3. The number of aromatic nitrogens is 4. The fourth-order valence-electron chi connectivity index (χ4n) is 6.45. The van der Waals surface area contributed by atoms with E-state index in [0.717, 1.165) is 54.5 Å². The third kappa shape index (κ3) is 4.80. The molecule has 206 valence electrons. The molecule has 2 unspecified atom stereocenters. The molecule has 2 bridgehead atoms. The molecule has 3 aliphatic rings. The second-order valence-electron chi connectivity index (χ2n) is 11.3. The molecule has 0 radical (unpaired) electrons. The molecule has 10 nitrogen and oxygen atoms in total. The van der Waals surface area contributed by atoms with E-state index in [1.54, 1.807) is 25.4 Å². The predicted molar refractivity (Wildman–Crippen MR) is 148 cm³/mol. The van der Waals surface area contributed by atoms with Crippen LogP contribution in [0.5, 0.6) is 5.88 Å². The third-order valence-corrected chi connectivity index (χ3v) is 8.24. The highest BCUT2D eigenvalue weighted by molar-refractivity contribution is 5.75. The fraction of sp³-hybridized carbons (Fsp3) is 0.500. The molecule has 6 rings (SSSR count). The molecule has 1 saturated carbocycles. The third-order valence-electron chi connectivity index (χ3n) is 8.24. The van der Waals surface area contributed by atoms with Crippen molar-refractivity contribution in [2.45, 2.75) is 38.1 Å². The quantitative estimate of drug-likeness (QED) is 0.397. The first-order valence-corrected chi connectivity index (χ1v) is 13.5. The first-order chi connectivity index (χ1) is 18.9. The zero-order chi connectivity index (χ0) is 27.1. The van der Waals surface area contributed by atoms with Crippen molar-refractivity contribution in [1.29, 1.82) is 0 Å². The lowest BCUT2D eigenvalue weighted by molar-refractivity contribution is 0.311. The Bertz CT molecular complexity index is 1320. The molecule has 2 aliphatic heterocycles. The van der Waals surface area contributed by atoms with Crippen LogP contribution in [0.2, 0.25) is 0 Å². The topological polar surface area (TPSA) is 112 Å². The van der Waals surface area contributed by atoms with E-state index >= 15 is 0 Å². The number of aliphatic hydroxyl groups excluding tert-OH is 1. The number of hydrogen-bond acceptors (Lipinski definition) is 10. The summed E-state index contributed by atoms with van der Waals surface area (Å²) < 4.78 is 19.0. The van der Waals surface area contributed by atoms with Crippen molar-refractivity contribution >= 4 is 29.0 Å². The summed E-state index contributed by atoms with van der Waals surface area (Å²) in [6, 6.07) is 8.71. The number of aliphatic hydroxyl groups is 1. The molecule has 11 heteroatoms. The summed E-state index contributed by atoms with van der Waals surface area (Å²) in [6.45, 7) is 7.21. The van der Waals surface area contributed by atoms with Gasteiger partial charge >= 0.3 is 0 Å². The second kappa shape index (κ2) is 10.1. The number of rotatable bonds is 8. The van der Waals surface area contributed by atoms with Gasteiger partial charge < -0.3 is 30.3 Å². The maximum absolute atomic E-state index is 13.7. The van der Waals surface area contributed by atoms with E-state index < -0.39 is 0 Å². The van der Waals surface area contributed by atoms with Crippen LogP contribution in [0, 0.1) is 17.7 Å². The van der Waals surface area contributed by atoms with E-state index in [2.05, 4.69) is 44.5 Å². The molecule has 2 atom stereocenters. The van der Waals surface area contributed by atoms with Crippen LogP contribution in [0.25, 0.3) is 0 Å². The van der Waals surface area contributed by atoms with Crippen LogP contribution >= 0.6 is 0 Å². The van der Waals surface area contributed by atoms with Gasteiger partial charge in [0.25, 0.3) is 0 Å². The number of nitrogens with zero attached hydrogens (tertiary/aromatic N) is 6. The minimum Gasteiger partial charge on any atom is -0.480 e. The summed E-state index contributed by atoms with van der Waals surface area (Å²) in [5.74, 6) is 3.21. The van der Waals surface area contributed by atoms with Gasteiger partial charge in [0.1, 0.15) is 17.5 Å². The Morgan fingerprint density at radius 3 is 2.54 bits per heavy atom. The van der Waals surface area contributed by atoms with Crippen molar-refractivity contribution in [3.63, 3.8) is 0 Å². The molecule has 3 N–H and O–H groups in total. The summed E-state index contributed by atoms with van der Waals surface area (Å²) in [7, 11) is 1.60. The van der Waals surface area contributed by atoms with Gasteiger partial charge in [0, 0.05) is 55.0 Å². The number of ether oxygens (including phenoxy) is 1. The minimum atomic E-state index is -0.268. The van der Waals surface area contributed by atoms with Crippen molar-refractivity contribution in [3.05, 3.63) is 47.9 Å². The summed E-state index contributed by atoms with van der Waals surface area (Å²) >= 11 is 0. The Morgan fingerprint density at radius 1 is 1.10 bits per heavy atom. The molecule has 0 spiro atoms. The number of benzene rings is 1. The molecule has 1 aromatic carbocycles. The Balaban J connectivity index is 1.30. The molecule has 1 saturated heterocycles. The predicted octanol–water partition coefficient (Wildman–Crippen LogP) is 3.57. The monoisotopic (exact) mass is 534 g/mol. The molecule has 39 heavy (non-hydrogen) atoms. The Morgan fingerprint density at radius 2 is 1.85 bits per heavy atom. The Hall–Kier alpha value is -3.73. The van der Waals surface area contributed by atoms with Crippen molar-refractivity contribution in [3.8, 4) is 5.88 Å². The van der Waals surface area contributed by atoms with Crippen molar-refractivity contribution in [2.24, 2.45) is 11.8 Å². The van der Waals surface area contributed by atoms with Gasteiger partial charge in [-0.05, 0) is 48.9 Å². The maximum atomic E-state index is 13.7. The number of anilines is 5. The summed E-state index contributed by atoms with van der Waals surface area (Å²) in [6.07, 6.45) is 4.05. The number of halogens is 1. The maximum Gasteiger partial charge on any atom is 0.235 e. The largest absolute Gasteiger partial charge is 0.480 e. The zero-order valence-electron chi connectivity index (χ0n) is 22.6. The lowest BCUT2D eigenvalue weighted by Gasteiger charge is -2.39. The van der Waals surface area contributed by atoms with Crippen molar-refractivity contribution < 1.29 is 14.2 Å². The van der Waals surface area contributed by atoms with E-state index in [1.807, 2.05) is 6.07 Å².